The molecule has 0 aliphatic carbocycles. The third kappa shape index (κ3) is 2.90. The summed E-state index contributed by atoms with van der Waals surface area (Å²) in [6.45, 7) is 2.98. The van der Waals surface area contributed by atoms with Crippen molar-refractivity contribution in [3.63, 3.8) is 0 Å². The molecule has 0 radical (unpaired) electrons. The van der Waals surface area contributed by atoms with E-state index >= 15 is 0 Å². The van der Waals surface area contributed by atoms with Crippen LogP contribution in [0.15, 0.2) is 23.1 Å². The molecule has 1 aromatic rings. The molecule has 0 amide bonds. The highest BCUT2D eigenvalue weighted by Gasteiger charge is 2.31. The van der Waals surface area contributed by atoms with Crippen molar-refractivity contribution in [1.29, 1.82) is 0 Å². The minimum Gasteiger partial charge on any atom is -0.399 e. The number of benzene rings is 1. The van der Waals surface area contributed by atoms with Crippen LogP contribution in [0.2, 0.25) is 0 Å². The summed E-state index contributed by atoms with van der Waals surface area (Å²) in [5, 5.41) is 0. The molecule has 106 valence electrons. The molecule has 1 aliphatic heterocycles. The van der Waals surface area contributed by atoms with Crippen molar-refractivity contribution < 1.29 is 12.8 Å². The highest BCUT2D eigenvalue weighted by molar-refractivity contribution is 7.89. The van der Waals surface area contributed by atoms with Crippen molar-refractivity contribution >= 4 is 15.7 Å². The molecule has 0 saturated carbocycles. The number of rotatable bonds is 3. The summed E-state index contributed by atoms with van der Waals surface area (Å²) in [6.07, 6.45) is 2.80. The monoisotopic (exact) mass is 286 g/mol. The lowest BCUT2D eigenvalue weighted by molar-refractivity contribution is 0.261. The number of nitrogen functional groups attached to an aromatic ring is 1. The summed E-state index contributed by atoms with van der Waals surface area (Å²) < 4.78 is 40.0. The topological polar surface area (TPSA) is 63.4 Å². The fraction of sp³-hybridized carbons (Fsp3) is 0.538. The van der Waals surface area contributed by atoms with E-state index in [1.165, 1.54) is 16.4 Å². The van der Waals surface area contributed by atoms with E-state index in [4.69, 9.17) is 5.73 Å². The molecule has 0 aromatic heterocycles. The lowest BCUT2D eigenvalue weighted by Gasteiger charge is -2.31. The van der Waals surface area contributed by atoms with Crippen molar-refractivity contribution in [3.8, 4) is 0 Å². The maximum absolute atomic E-state index is 13.8. The molecule has 6 heteroatoms. The molecule has 1 unspecified atom stereocenters. The summed E-state index contributed by atoms with van der Waals surface area (Å²) in [5.41, 5.74) is 5.67. The molecule has 4 nitrogen and oxygen atoms in total. The van der Waals surface area contributed by atoms with Gasteiger partial charge in [0.1, 0.15) is 10.7 Å². The fourth-order valence-electron chi connectivity index (χ4n) is 2.44. The van der Waals surface area contributed by atoms with Crippen LogP contribution in [0.3, 0.4) is 0 Å². The number of nitrogens with two attached hydrogens (primary N) is 1. The van der Waals surface area contributed by atoms with Crippen LogP contribution in [0, 0.1) is 11.7 Å². The first-order chi connectivity index (χ1) is 8.95. The summed E-state index contributed by atoms with van der Waals surface area (Å²) in [5.74, 6) is -0.418. The standard InChI is InChI=1S/C13H19FN2O2S/c1-2-10-4-3-7-16(9-10)19(17,18)13-6-5-11(15)8-12(13)14/h5-6,8,10H,2-4,7,9,15H2,1H3. The summed E-state index contributed by atoms with van der Waals surface area (Å²) in [6, 6.07) is 3.71. The van der Waals surface area contributed by atoms with Crippen LogP contribution in [0.4, 0.5) is 10.1 Å². The average molecular weight is 286 g/mol. The molecular formula is C13H19FN2O2S. The van der Waals surface area contributed by atoms with E-state index in [9.17, 15) is 12.8 Å². The van der Waals surface area contributed by atoms with E-state index in [0.29, 0.717) is 19.0 Å². The van der Waals surface area contributed by atoms with Gasteiger partial charge in [-0.15, -0.1) is 0 Å². The van der Waals surface area contributed by atoms with Gasteiger partial charge in [0.25, 0.3) is 0 Å². The first kappa shape index (κ1) is 14.3. The third-order valence-electron chi connectivity index (χ3n) is 3.63. The Bertz CT molecular complexity index is 560. The first-order valence-corrected chi connectivity index (χ1v) is 7.94. The number of piperidine rings is 1. The lowest BCUT2D eigenvalue weighted by Crippen LogP contribution is -2.40. The first-order valence-electron chi connectivity index (χ1n) is 6.50. The zero-order chi connectivity index (χ0) is 14.0. The molecule has 2 N–H and O–H groups in total. The van der Waals surface area contributed by atoms with Crippen LogP contribution in [-0.2, 0) is 10.0 Å². The van der Waals surface area contributed by atoms with Crippen LogP contribution < -0.4 is 5.73 Å². The smallest absolute Gasteiger partial charge is 0.245 e. The van der Waals surface area contributed by atoms with Gasteiger partial charge in [-0.2, -0.15) is 4.31 Å². The molecule has 2 rings (SSSR count). The van der Waals surface area contributed by atoms with Gasteiger partial charge in [-0.25, -0.2) is 12.8 Å². The van der Waals surface area contributed by atoms with Crippen LogP contribution in [0.5, 0.6) is 0 Å². The van der Waals surface area contributed by atoms with Gasteiger partial charge in [0.15, 0.2) is 0 Å². The summed E-state index contributed by atoms with van der Waals surface area (Å²) in [4.78, 5) is -0.279. The molecule has 0 bridgehead atoms. The van der Waals surface area contributed by atoms with Gasteiger partial charge in [-0.3, -0.25) is 0 Å². The minimum absolute atomic E-state index is 0.224. The Hall–Kier alpha value is -1.14. The number of halogens is 1. The van der Waals surface area contributed by atoms with Gasteiger partial charge >= 0.3 is 0 Å². The van der Waals surface area contributed by atoms with Gasteiger partial charge in [0, 0.05) is 18.8 Å². The number of sulfonamides is 1. The van der Waals surface area contributed by atoms with E-state index in [1.54, 1.807) is 0 Å². The predicted octanol–water partition coefficient (Wildman–Crippen LogP) is 2.22. The summed E-state index contributed by atoms with van der Waals surface area (Å²) >= 11 is 0. The van der Waals surface area contributed by atoms with Gasteiger partial charge in [0.05, 0.1) is 0 Å². The van der Waals surface area contributed by atoms with Crippen molar-refractivity contribution in [3.05, 3.63) is 24.0 Å². The molecule has 1 heterocycles. The summed E-state index contributed by atoms with van der Waals surface area (Å²) in [7, 11) is -3.75. The second-order valence-electron chi connectivity index (χ2n) is 4.97. The second kappa shape index (κ2) is 5.46. The Morgan fingerprint density at radius 3 is 2.84 bits per heavy atom. The van der Waals surface area contributed by atoms with Crippen LogP contribution in [0.25, 0.3) is 0 Å². The maximum Gasteiger partial charge on any atom is 0.245 e. The van der Waals surface area contributed by atoms with E-state index in [2.05, 4.69) is 0 Å². The normalized spacial score (nSPS) is 21.5. The van der Waals surface area contributed by atoms with Crippen molar-refractivity contribution in [2.24, 2.45) is 5.92 Å². The predicted molar refractivity (Wildman–Crippen MR) is 72.6 cm³/mol. The number of anilines is 1. The van der Waals surface area contributed by atoms with E-state index < -0.39 is 15.8 Å². The van der Waals surface area contributed by atoms with Gasteiger partial charge in [-0.05, 0) is 37.0 Å². The Kier molecular flexibility index (Phi) is 4.10. The Morgan fingerprint density at radius 2 is 2.21 bits per heavy atom. The molecule has 1 aromatic carbocycles. The Balaban J connectivity index is 2.31. The number of hydrogen-bond donors (Lipinski definition) is 1. The number of nitrogens with zero attached hydrogens (tertiary/aromatic N) is 1. The SMILES string of the molecule is CCC1CCCN(S(=O)(=O)c2ccc(N)cc2F)C1. The zero-order valence-electron chi connectivity index (χ0n) is 11.0. The number of hydrogen-bond acceptors (Lipinski definition) is 3. The Morgan fingerprint density at radius 1 is 1.47 bits per heavy atom. The van der Waals surface area contributed by atoms with Crippen molar-refractivity contribution in [1.82, 2.24) is 4.31 Å². The Labute approximate surface area is 113 Å². The van der Waals surface area contributed by atoms with Crippen molar-refractivity contribution in [2.45, 2.75) is 31.1 Å². The van der Waals surface area contributed by atoms with Gasteiger partial charge < -0.3 is 5.73 Å². The van der Waals surface area contributed by atoms with Crippen LogP contribution >= 0.6 is 0 Å². The van der Waals surface area contributed by atoms with Crippen molar-refractivity contribution in [2.75, 3.05) is 18.8 Å². The van der Waals surface area contributed by atoms with Gasteiger partial charge in [-0.1, -0.05) is 13.3 Å². The average Bonchev–Trinajstić information content (AvgIpc) is 2.38. The zero-order valence-corrected chi connectivity index (χ0v) is 11.8. The molecule has 19 heavy (non-hydrogen) atoms. The highest BCUT2D eigenvalue weighted by Crippen LogP contribution is 2.27. The third-order valence-corrected chi connectivity index (χ3v) is 5.53. The van der Waals surface area contributed by atoms with E-state index in [0.717, 1.165) is 25.3 Å². The minimum atomic E-state index is -3.75. The molecular weight excluding hydrogens is 267 g/mol. The lowest BCUT2D eigenvalue weighted by atomic mass is 9.97. The molecule has 1 saturated heterocycles. The second-order valence-corrected chi connectivity index (χ2v) is 6.88. The van der Waals surface area contributed by atoms with E-state index in [1.807, 2.05) is 6.92 Å². The van der Waals surface area contributed by atoms with Crippen LogP contribution in [0.1, 0.15) is 26.2 Å². The maximum atomic E-state index is 13.8. The highest BCUT2D eigenvalue weighted by atomic mass is 32.2. The largest absolute Gasteiger partial charge is 0.399 e. The molecule has 1 atom stereocenters. The van der Waals surface area contributed by atoms with Gasteiger partial charge in [0.2, 0.25) is 10.0 Å². The molecule has 1 aliphatic rings. The molecule has 0 spiro atoms. The van der Waals surface area contributed by atoms with Crippen LogP contribution in [-0.4, -0.2) is 25.8 Å². The van der Waals surface area contributed by atoms with E-state index in [-0.39, 0.29) is 10.6 Å². The quantitative estimate of drug-likeness (QED) is 0.867. The fourth-order valence-corrected chi connectivity index (χ4v) is 4.04. The molecule has 1 fully saturated rings.